The highest BCUT2D eigenvalue weighted by atomic mass is 16.5. The molecule has 0 aromatic carbocycles. The van der Waals surface area contributed by atoms with E-state index in [-0.39, 0.29) is 6.23 Å². The maximum absolute atomic E-state index is 10.7. The van der Waals surface area contributed by atoms with E-state index in [1.54, 1.807) is 7.11 Å². The molecule has 5 atom stereocenters. The van der Waals surface area contributed by atoms with Crippen molar-refractivity contribution in [1.82, 2.24) is 5.32 Å². The Morgan fingerprint density at radius 2 is 2.04 bits per heavy atom. The van der Waals surface area contributed by atoms with Crippen LogP contribution in [0, 0.1) is 11.8 Å². The molecule has 142 valence electrons. The summed E-state index contributed by atoms with van der Waals surface area (Å²) < 4.78 is 10.9. The van der Waals surface area contributed by atoms with Crippen molar-refractivity contribution >= 4 is 6.21 Å². The quantitative estimate of drug-likeness (QED) is 0.473. The van der Waals surface area contributed by atoms with Gasteiger partial charge in [0.15, 0.2) is 0 Å². The summed E-state index contributed by atoms with van der Waals surface area (Å²) in [6.45, 7) is 11.9. The molecule has 1 rings (SSSR count). The first-order valence-corrected chi connectivity index (χ1v) is 9.36. The van der Waals surface area contributed by atoms with Crippen LogP contribution in [0.1, 0.15) is 60.3 Å². The highest BCUT2D eigenvalue weighted by Crippen LogP contribution is 2.31. The largest absolute Gasteiger partial charge is 0.386 e. The van der Waals surface area contributed by atoms with Crippen LogP contribution in [0.3, 0.4) is 0 Å². The van der Waals surface area contributed by atoms with Crippen LogP contribution in [0.5, 0.6) is 0 Å². The number of aliphatic hydroxyl groups is 1. The van der Waals surface area contributed by atoms with Gasteiger partial charge in [-0.2, -0.15) is 0 Å². The number of rotatable bonds is 10. The first-order chi connectivity index (χ1) is 11.3. The predicted octanol–water partition coefficient (Wildman–Crippen LogP) is 3.01. The highest BCUT2D eigenvalue weighted by Gasteiger charge is 2.42. The molecule has 24 heavy (non-hydrogen) atoms. The summed E-state index contributed by atoms with van der Waals surface area (Å²) in [5.74, 6) is 1.04. The average molecular weight is 343 g/mol. The smallest absolute Gasteiger partial charge is 0.137 e. The Morgan fingerprint density at radius 1 is 1.33 bits per heavy atom. The van der Waals surface area contributed by atoms with Crippen LogP contribution in [0.15, 0.2) is 4.99 Å². The number of nitrogens with one attached hydrogen (secondary N) is 1. The topological polar surface area (TPSA) is 63.1 Å². The minimum atomic E-state index is -0.859. The van der Waals surface area contributed by atoms with Gasteiger partial charge in [-0.25, -0.2) is 0 Å². The van der Waals surface area contributed by atoms with Crippen LogP contribution in [0.4, 0.5) is 0 Å². The number of nitrogens with zero attached hydrogens (tertiary/aromatic N) is 1. The fraction of sp³-hybridized carbons (Fsp3) is 0.947. The molecule has 0 aliphatic carbocycles. The van der Waals surface area contributed by atoms with E-state index in [1.807, 2.05) is 13.1 Å². The average Bonchev–Trinajstić information content (AvgIpc) is 2.47. The summed E-state index contributed by atoms with van der Waals surface area (Å²) in [6, 6.07) is 0.665. The molecule has 5 nitrogen and oxygen atoms in total. The summed E-state index contributed by atoms with van der Waals surface area (Å²) in [6.07, 6.45) is 5.29. The molecule has 0 spiro atoms. The molecular weight excluding hydrogens is 304 g/mol. The molecule has 0 radical (unpaired) electrons. The zero-order valence-electron chi connectivity index (χ0n) is 16.4. The van der Waals surface area contributed by atoms with Gasteiger partial charge < -0.3 is 14.6 Å². The van der Waals surface area contributed by atoms with Gasteiger partial charge in [0, 0.05) is 25.8 Å². The normalized spacial score (nSPS) is 32.6. The Bertz CT molecular complexity index is 372. The van der Waals surface area contributed by atoms with E-state index in [2.05, 4.69) is 38.0 Å². The lowest BCUT2D eigenvalue weighted by Gasteiger charge is -2.44. The minimum Gasteiger partial charge on any atom is -0.386 e. The summed E-state index contributed by atoms with van der Waals surface area (Å²) in [7, 11) is 1.69. The van der Waals surface area contributed by atoms with Crippen LogP contribution >= 0.6 is 0 Å². The Kier molecular flexibility index (Phi) is 9.42. The Balaban J connectivity index is 2.46. The molecule has 5 heteroatoms. The molecule has 1 aliphatic rings. The zero-order valence-corrected chi connectivity index (χ0v) is 16.4. The molecule has 5 unspecified atom stereocenters. The molecule has 1 saturated heterocycles. The van der Waals surface area contributed by atoms with Crippen LogP contribution in [-0.4, -0.2) is 55.6 Å². The van der Waals surface area contributed by atoms with Gasteiger partial charge in [0.25, 0.3) is 0 Å². The van der Waals surface area contributed by atoms with E-state index < -0.39 is 5.60 Å². The van der Waals surface area contributed by atoms with E-state index in [1.165, 1.54) is 0 Å². The van der Waals surface area contributed by atoms with E-state index in [0.29, 0.717) is 37.1 Å². The van der Waals surface area contributed by atoms with Crippen molar-refractivity contribution < 1.29 is 14.6 Å². The number of methoxy groups -OCH3 is 1. The third kappa shape index (κ3) is 7.60. The van der Waals surface area contributed by atoms with Crippen molar-refractivity contribution in [3.8, 4) is 0 Å². The lowest BCUT2D eigenvalue weighted by Crippen LogP contribution is -2.61. The number of ether oxygens (including phenoxy) is 2. The van der Waals surface area contributed by atoms with Crippen LogP contribution in [-0.2, 0) is 9.47 Å². The SMILES string of the molecule is COCCCOC1NC(C)C(CC=NC(C)CC(C)C)CC1(C)O. The lowest BCUT2D eigenvalue weighted by molar-refractivity contribution is -0.152. The molecule has 1 heterocycles. The molecule has 0 aromatic heterocycles. The molecule has 0 aromatic rings. The zero-order chi connectivity index (χ0) is 18.2. The van der Waals surface area contributed by atoms with Crippen molar-refractivity contribution in [2.24, 2.45) is 16.8 Å². The first kappa shape index (κ1) is 21.6. The van der Waals surface area contributed by atoms with Gasteiger partial charge in [-0.15, -0.1) is 0 Å². The summed E-state index contributed by atoms with van der Waals surface area (Å²) in [4.78, 5) is 4.65. The van der Waals surface area contributed by atoms with E-state index >= 15 is 0 Å². The monoisotopic (exact) mass is 342 g/mol. The molecular formula is C19H38N2O3. The van der Waals surface area contributed by atoms with Crippen molar-refractivity contribution in [3.63, 3.8) is 0 Å². The Labute approximate surface area is 148 Å². The summed E-state index contributed by atoms with van der Waals surface area (Å²) in [5, 5.41) is 14.2. The fourth-order valence-electron chi connectivity index (χ4n) is 3.41. The predicted molar refractivity (Wildman–Crippen MR) is 99.6 cm³/mol. The van der Waals surface area contributed by atoms with Crippen molar-refractivity contribution in [1.29, 1.82) is 0 Å². The molecule has 0 saturated carbocycles. The van der Waals surface area contributed by atoms with E-state index in [0.717, 1.165) is 25.7 Å². The first-order valence-electron chi connectivity index (χ1n) is 9.36. The minimum absolute atomic E-state index is 0.296. The molecule has 2 N–H and O–H groups in total. The third-order valence-corrected chi connectivity index (χ3v) is 4.72. The van der Waals surface area contributed by atoms with Gasteiger partial charge in [-0.1, -0.05) is 13.8 Å². The van der Waals surface area contributed by atoms with Crippen LogP contribution in [0.2, 0.25) is 0 Å². The summed E-state index contributed by atoms with van der Waals surface area (Å²) in [5.41, 5.74) is -0.859. The Hall–Kier alpha value is -0.490. The molecule has 1 aliphatic heterocycles. The van der Waals surface area contributed by atoms with Gasteiger partial charge in [-0.05, 0) is 64.5 Å². The van der Waals surface area contributed by atoms with Crippen LogP contribution < -0.4 is 5.32 Å². The number of piperidine rings is 1. The number of hydrogen-bond donors (Lipinski definition) is 2. The van der Waals surface area contributed by atoms with Gasteiger partial charge in [0.05, 0.1) is 6.61 Å². The van der Waals surface area contributed by atoms with Gasteiger partial charge in [0.2, 0.25) is 0 Å². The third-order valence-electron chi connectivity index (χ3n) is 4.72. The maximum atomic E-state index is 10.7. The molecule has 1 fully saturated rings. The number of hydrogen-bond acceptors (Lipinski definition) is 5. The van der Waals surface area contributed by atoms with E-state index in [9.17, 15) is 5.11 Å². The second-order valence-corrected chi connectivity index (χ2v) is 7.92. The van der Waals surface area contributed by atoms with Gasteiger partial charge in [-0.3, -0.25) is 10.3 Å². The standard InChI is InChI=1S/C19H38N2O3/c1-14(2)12-15(3)20-9-8-17-13-19(5,22)18(21-16(17)4)24-11-7-10-23-6/h9,14-18,21-22H,7-8,10-13H2,1-6H3. The Morgan fingerprint density at radius 3 is 2.67 bits per heavy atom. The van der Waals surface area contributed by atoms with Gasteiger partial charge >= 0.3 is 0 Å². The van der Waals surface area contributed by atoms with Crippen molar-refractivity contribution in [2.75, 3.05) is 20.3 Å². The second-order valence-electron chi connectivity index (χ2n) is 7.92. The fourth-order valence-corrected chi connectivity index (χ4v) is 3.41. The van der Waals surface area contributed by atoms with Crippen LogP contribution in [0.25, 0.3) is 0 Å². The highest BCUT2D eigenvalue weighted by molar-refractivity contribution is 5.58. The maximum Gasteiger partial charge on any atom is 0.137 e. The molecule has 0 bridgehead atoms. The van der Waals surface area contributed by atoms with Gasteiger partial charge in [0.1, 0.15) is 11.8 Å². The number of aliphatic imine (C=N–C) groups is 1. The second kappa shape index (κ2) is 10.5. The summed E-state index contributed by atoms with van der Waals surface area (Å²) >= 11 is 0. The van der Waals surface area contributed by atoms with Crippen molar-refractivity contribution in [3.05, 3.63) is 0 Å². The lowest BCUT2D eigenvalue weighted by atomic mass is 9.80. The van der Waals surface area contributed by atoms with Crippen molar-refractivity contribution in [2.45, 2.75) is 84.2 Å². The van der Waals surface area contributed by atoms with E-state index in [4.69, 9.17) is 9.47 Å². The molecule has 0 amide bonds.